The van der Waals surface area contributed by atoms with Crippen LogP contribution < -0.4 is 19.9 Å². The third-order valence-electron chi connectivity index (χ3n) is 3.13. The van der Waals surface area contributed by atoms with Gasteiger partial charge in [0.25, 0.3) is 0 Å². The summed E-state index contributed by atoms with van der Waals surface area (Å²) in [6.07, 6.45) is 0. The van der Waals surface area contributed by atoms with Gasteiger partial charge in [-0.25, -0.2) is 0 Å². The molecule has 2 aromatic rings. The highest BCUT2D eigenvalue weighted by Gasteiger charge is 2.25. The summed E-state index contributed by atoms with van der Waals surface area (Å²) in [6, 6.07) is 3.30. The van der Waals surface area contributed by atoms with E-state index in [1.165, 1.54) is 11.8 Å². The summed E-state index contributed by atoms with van der Waals surface area (Å²) in [4.78, 5) is 0. The third kappa shape index (κ3) is 1.82. The van der Waals surface area contributed by atoms with Gasteiger partial charge in [-0.1, -0.05) is 0 Å². The van der Waals surface area contributed by atoms with E-state index in [0.717, 1.165) is 0 Å². The smallest absolute Gasteiger partial charge is 0.211 e. The molecule has 0 radical (unpaired) electrons. The molecule has 0 fully saturated rings. The van der Waals surface area contributed by atoms with Gasteiger partial charge < -0.3 is 19.9 Å². The Labute approximate surface area is 114 Å². The molecule has 2 heterocycles. The lowest BCUT2D eigenvalue weighted by Gasteiger charge is -2.21. The molecule has 0 amide bonds. The molecular weight excluding hydrogens is 265 g/mol. The summed E-state index contributed by atoms with van der Waals surface area (Å²) >= 11 is 0. The number of hydrogen-bond acceptors (Lipinski definition) is 5. The summed E-state index contributed by atoms with van der Waals surface area (Å²) in [5, 5.41) is 4.23. The van der Waals surface area contributed by atoms with Crippen molar-refractivity contribution in [2.45, 2.75) is 0 Å². The fraction of sp³-hybridized carbons (Fsp3) is 0.308. The van der Waals surface area contributed by atoms with Gasteiger partial charge in [0, 0.05) is 13.1 Å². The minimum absolute atomic E-state index is 0.0624. The number of nitrogens with two attached hydrogens (primary N) is 1. The lowest BCUT2D eigenvalue weighted by atomic mass is 10.1. The molecule has 0 unspecified atom stereocenters. The molecule has 2 N–H and O–H groups in total. The van der Waals surface area contributed by atoms with E-state index >= 15 is 0 Å². The first-order valence-corrected chi connectivity index (χ1v) is 6.07. The minimum atomic E-state index is -0.594. The van der Waals surface area contributed by atoms with E-state index < -0.39 is 5.82 Å². The van der Waals surface area contributed by atoms with Gasteiger partial charge in [0.2, 0.25) is 11.6 Å². The van der Waals surface area contributed by atoms with Gasteiger partial charge in [-0.2, -0.15) is 9.49 Å². The highest BCUT2D eigenvalue weighted by atomic mass is 19.1. The zero-order valence-electron chi connectivity index (χ0n) is 11.1. The summed E-state index contributed by atoms with van der Waals surface area (Å²) in [6.45, 7) is 0.686. The number of hydrogen-bond donors (Lipinski definition) is 1. The quantitative estimate of drug-likeness (QED) is 0.903. The predicted molar refractivity (Wildman–Crippen MR) is 70.6 cm³/mol. The topological polar surface area (TPSA) is 71.5 Å². The number of nitrogens with zero attached hydrogens (tertiary/aromatic N) is 2. The summed E-state index contributed by atoms with van der Waals surface area (Å²) in [5.74, 6) is 0.350. The van der Waals surface area contributed by atoms with Crippen LogP contribution in [0.25, 0.3) is 11.3 Å². The molecule has 0 atom stereocenters. The Morgan fingerprint density at radius 3 is 2.75 bits per heavy atom. The molecule has 1 aromatic carbocycles. The molecule has 0 saturated carbocycles. The van der Waals surface area contributed by atoms with E-state index in [1.807, 2.05) is 0 Å². The van der Waals surface area contributed by atoms with Gasteiger partial charge in [0.15, 0.2) is 11.5 Å². The van der Waals surface area contributed by atoms with Gasteiger partial charge >= 0.3 is 0 Å². The number of aromatic nitrogens is 2. The summed E-state index contributed by atoms with van der Waals surface area (Å²) in [7, 11) is 3.10. The molecule has 0 aliphatic carbocycles. The lowest BCUT2D eigenvalue weighted by molar-refractivity contribution is 0.162. The van der Waals surface area contributed by atoms with E-state index in [9.17, 15) is 4.39 Å². The zero-order chi connectivity index (χ0) is 14.3. The van der Waals surface area contributed by atoms with Crippen LogP contribution in [0.1, 0.15) is 0 Å². The van der Waals surface area contributed by atoms with Crippen LogP contribution >= 0.6 is 0 Å². The van der Waals surface area contributed by atoms with Gasteiger partial charge in [-0.05, 0) is 6.07 Å². The third-order valence-corrected chi connectivity index (χ3v) is 3.13. The number of ether oxygens (including phenoxy) is 3. The molecule has 1 aliphatic heterocycles. The Hall–Kier alpha value is -2.44. The van der Waals surface area contributed by atoms with Gasteiger partial charge in [0.05, 0.1) is 18.4 Å². The van der Waals surface area contributed by atoms with Crippen LogP contribution in [-0.2, 0) is 7.05 Å². The fourth-order valence-corrected chi connectivity index (χ4v) is 2.13. The Morgan fingerprint density at radius 1 is 1.35 bits per heavy atom. The second-order valence-electron chi connectivity index (χ2n) is 4.37. The molecular formula is C13H14FN3O3. The zero-order valence-corrected chi connectivity index (χ0v) is 11.1. The van der Waals surface area contributed by atoms with Crippen LogP contribution in [-0.4, -0.2) is 30.1 Å². The first-order valence-electron chi connectivity index (χ1n) is 6.07. The van der Waals surface area contributed by atoms with Crippen molar-refractivity contribution < 1.29 is 18.6 Å². The van der Waals surface area contributed by atoms with Gasteiger partial charge in [-0.15, -0.1) is 0 Å². The number of anilines is 1. The molecule has 0 spiro atoms. The van der Waals surface area contributed by atoms with Crippen molar-refractivity contribution >= 4 is 5.82 Å². The Morgan fingerprint density at radius 2 is 2.10 bits per heavy atom. The second kappa shape index (κ2) is 4.59. The first kappa shape index (κ1) is 12.6. The Bertz CT molecular complexity index is 650. The molecule has 0 saturated heterocycles. The van der Waals surface area contributed by atoms with E-state index in [0.29, 0.717) is 36.0 Å². The largest absolute Gasteiger partial charge is 0.493 e. The second-order valence-corrected chi connectivity index (χ2v) is 4.37. The number of methoxy groups -OCH3 is 1. The van der Waals surface area contributed by atoms with Crippen LogP contribution in [0.4, 0.5) is 10.2 Å². The number of rotatable bonds is 2. The number of benzene rings is 1. The molecule has 106 valence electrons. The monoisotopic (exact) mass is 279 g/mol. The molecule has 6 nitrogen and oxygen atoms in total. The van der Waals surface area contributed by atoms with E-state index in [1.54, 1.807) is 19.2 Å². The maximum Gasteiger partial charge on any atom is 0.211 e. The summed E-state index contributed by atoms with van der Waals surface area (Å²) in [5.41, 5.74) is 6.74. The normalized spacial score (nSPS) is 13.3. The predicted octanol–water partition coefficient (Wildman–Crippen LogP) is 1.59. The van der Waals surface area contributed by atoms with Crippen molar-refractivity contribution in [3.05, 3.63) is 17.9 Å². The van der Waals surface area contributed by atoms with Crippen molar-refractivity contribution in [2.75, 3.05) is 26.1 Å². The molecule has 1 aliphatic rings. The van der Waals surface area contributed by atoms with E-state index in [2.05, 4.69) is 5.10 Å². The molecule has 1 aromatic heterocycles. The standard InChI is InChI=1S/C13H14FN3O3/c1-17-10(15)6-8(16-17)7-5-9-13(20-4-3-19-9)11(14)12(7)18-2/h5-6H,3-4,15H2,1-2H3. The maximum atomic E-state index is 14.4. The minimum Gasteiger partial charge on any atom is -0.493 e. The average Bonchev–Trinajstić information content (AvgIpc) is 2.78. The SMILES string of the molecule is COc1c(-c2cc(N)n(C)n2)cc2c(c1F)OCCO2. The Balaban J connectivity index is 2.21. The number of aryl methyl sites for hydroxylation is 1. The molecule has 0 bridgehead atoms. The number of halogens is 1. The van der Waals surface area contributed by atoms with Gasteiger partial charge in [-0.3, -0.25) is 4.68 Å². The van der Waals surface area contributed by atoms with Gasteiger partial charge in [0.1, 0.15) is 19.0 Å². The Kier molecular flexibility index (Phi) is 2.89. The van der Waals surface area contributed by atoms with Crippen molar-refractivity contribution in [1.29, 1.82) is 0 Å². The summed E-state index contributed by atoms with van der Waals surface area (Å²) < 4.78 is 31.8. The van der Waals surface area contributed by atoms with Crippen LogP contribution in [0.2, 0.25) is 0 Å². The highest BCUT2D eigenvalue weighted by molar-refractivity contribution is 5.74. The number of fused-ring (bicyclic) bond motifs is 1. The number of nitrogen functional groups attached to an aromatic ring is 1. The van der Waals surface area contributed by atoms with E-state index in [-0.39, 0.29) is 11.5 Å². The van der Waals surface area contributed by atoms with Crippen molar-refractivity contribution in [3.63, 3.8) is 0 Å². The van der Waals surface area contributed by atoms with E-state index in [4.69, 9.17) is 19.9 Å². The van der Waals surface area contributed by atoms with Crippen LogP contribution in [0, 0.1) is 5.82 Å². The van der Waals surface area contributed by atoms with Crippen molar-refractivity contribution in [3.8, 4) is 28.5 Å². The first-order chi connectivity index (χ1) is 9.61. The maximum absolute atomic E-state index is 14.4. The highest BCUT2D eigenvalue weighted by Crippen LogP contribution is 2.44. The molecule has 7 heteroatoms. The average molecular weight is 279 g/mol. The van der Waals surface area contributed by atoms with Crippen LogP contribution in [0.15, 0.2) is 12.1 Å². The molecule has 3 rings (SSSR count). The lowest BCUT2D eigenvalue weighted by Crippen LogP contribution is -2.17. The molecule has 20 heavy (non-hydrogen) atoms. The van der Waals surface area contributed by atoms with Crippen LogP contribution in [0.5, 0.6) is 17.2 Å². The van der Waals surface area contributed by atoms with Crippen molar-refractivity contribution in [1.82, 2.24) is 9.78 Å². The van der Waals surface area contributed by atoms with Crippen molar-refractivity contribution in [2.24, 2.45) is 7.05 Å². The fourth-order valence-electron chi connectivity index (χ4n) is 2.13. The van der Waals surface area contributed by atoms with Crippen LogP contribution in [0.3, 0.4) is 0 Å².